The Morgan fingerprint density at radius 3 is 2.58 bits per heavy atom. The fourth-order valence-corrected chi connectivity index (χ4v) is 3.25. The van der Waals surface area contributed by atoms with Gasteiger partial charge in [-0.2, -0.15) is 0 Å². The lowest BCUT2D eigenvalue weighted by atomic mass is 9.89. The van der Waals surface area contributed by atoms with Crippen molar-refractivity contribution in [3.05, 3.63) is 71.8 Å². The molecule has 6 heteroatoms. The number of ether oxygens (including phenoxy) is 1. The van der Waals surface area contributed by atoms with Gasteiger partial charge < -0.3 is 10.1 Å². The highest BCUT2D eigenvalue weighted by Crippen LogP contribution is 2.28. The van der Waals surface area contributed by atoms with Gasteiger partial charge in [0.15, 0.2) is 0 Å². The first-order valence-electron chi connectivity index (χ1n) is 8.46. The zero-order valence-corrected chi connectivity index (χ0v) is 13.9. The highest BCUT2D eigenvalue weighted by atomic mass is 19.1. The van der Waals surface area contributed by atoms with Crippen molar-refractivity contribution >= 4 is 10.8 Å². The molecule has 1 saturated carbocycles. The number of fused-ring (bicyclic) bond motifs is 1. The van der Waals surface area contributed by atoms with Crippen molar-refractivity contribution in [2.45, 2.75) is 31.5 Å². The Kier molecular flexibility index (Phi) is 4.51. The fourth-order valence-electron chi connectivity index (χ4n) is 3.25. The van der Waals surface area contributed by atoms with E-state index in [-0.39, 0.29) is 23.7 Å². The van der Waals surface area contributed by atoms with Crippen molar-refractivity contribution in [2.75, 3.05) is 0 Å². The summed E-state index contributed by atoms with van der Waals surface area (Å²) in [5.74, 6) is -1.37. The molecular weight excluding hydrogens is 341 g/mol. The van der Waals surface area contributed by atoms with Gasteiger partial charge in [-0.1, -0.05) is 0 Å². The summed E-state index contributed by atoms with van der Waals surface area (Å²) < 4.78 is 46.1. The minimum atomic E-state index is -0.657. The van der Waals surface area contributed by atoms with Crippen molar-refractivity contribution < 1.29 is 17.9 Å². The van der Waals surface area contributed by atoms with Gasteiger partial charge in [0.2, 0.25) is 0 Å². The van der Waals surface area contributed by atoms with E-state index in [1.165, 1.54) is 18.2 Å². The average Bonchev–Trinajstić information content (AvgIpc) is 2.57. The van der Waals surface area contributed by atoms with Crippen molar-refractivity contribution in [1.29, 1.82) is 0 Å². The summed E-state index contributed by atoms with van der Waals surface area (Å²) in [7, 11) is 0. The summed E-state index contributed by atoms with van der Waals surface area (Å²) in [6.07, 6.45) is 4.66. The van der Waals surface area contributed by atoms with Gasteiger partial charge in [-0.25, -0.2) is 13.2 Å². The van der Waals surface area contributed by atoms with Crippen LogP contribution in [-0.2, 0) is 6.54 Å². The molecule has 1 aliphatic carbocycles. The Balaban J connectivity index is 1.34. The van der Waals surface area contributed by atoms with Crippen LogP contribution in [0.5, 0.6) is 5.75 Å². The predicted molar refractivity (Wildman–Crippen MR) is 92.3 cm³/mol. The molecule has 0 aliphatic heterocycles. The molecule has 2 aromatic carbocycles. The van der Waals surface area contributed by atoms with Crippen molar-refractivity contribution in [3.63, 3.8) is 0 Å². The van der Waals surface area contributed by atoms with E-state index in [0.29, 0.717) is 24.9 Å². The van der Waals surface area contributed by atoms with E-state index >= 15 is 0 Å². The number of rotatable bonds is 5. The summed E-state index contributed by atoms with van der Waals surface area (Å²) in [4.78, 5) is 4.06. The number of hydrogen-bond donors (Lipinski definition) is 1. The van der Waals surface area contributed by atoms with E-state index in [0.717, 1.165) is 16.8 Å². The van der Waals surface area contributed by atoms with Crippen LogP contribution in [0.4, 0.5) is 13.2 Å². The first-order chi connectivity index (χ1) is 12.6. The molecule has 1 N–H and O–H groups in total. The largest absolute Gasteiger partial charge is 0.490 e. The third kappa shape index (κ3) is 3.51. The zero-order chi connectivity index (χ0) is 18.1. The maximum atomic E-state index is 14.2. The SMILES string of the molecule is Fc1cc(F)cc(OC2CC(NCc3c(F)ccc4cnccc34)C2)c1. The third-order valence-electron chi connectivity index (χ3n) is 4.68. The molecule has 1 fully saturated rings. The molecule has 4 rings (SSSR count). The average molecular weight is 358 g/mol. The Morgan fingerprint density at radius 1 is 1.04 bits per heavy atom. The normalized spacial score (nSPS) is 19.3. The minimum Gasteiger partial charge on any atom is -0.490 e. The van der Waals surface area contributed by atoms with Crippen LogP contribution < -0.4 is 10.1 Å². The quantitative estimate of drug-likeness (QED) is 0.736. The van der Waals surface area contributed by atoms with Crippen molar-refractivity contribution in [1.82, 2.24) is 10.3 Å². The molecular formula is C20H17F3N2O. The predicted octanol–water partition coefficient (Wildman–Crippen LogP) is 4.35. The lowest BCUT2D eigenvalue weighted by Crippen LogP contribution is -2.46. The van der Waals surface area contributed by atoms with Gasteiger partial charge in [0, 0.05) is 54.1 Å². The van der Waals surface area contributed by atoms with E-state index in [1.807, 2.05) is 0 Å². The lowest BCUT2D eigenvalue weighted by Gasteiger charge is -2.36. The van der Waals surface area contributed by atoms with Gasteiger partial charge in [0.05, 0.1) is 0 Å². The third-order valence-corrected chi connectivity index (χ3v) is 4.68. The Labute approximate surface area is 148 Å². The molecule has 1 aromatic heterocycles. The molecule has 3 aromatic rings. The van der Waals surface area contributed by atoms with Crippen LogP contribution in [0.1, 0.15) is 18.4 Å². The van der Waals surface area contributed by atoms with Gasteiger partial charge >= 0.3 is 0 Å². The van der Waals surface area contributed by atoms with Crippen LogP contribution in [-0.4, -0.2) is 17.1 Å². The van der Waals surface area contributed by atoms with E-state index in [4.69, 9.17) is 4.74 Å². The number of hydrogen-bond acceptors (Lipinski definition) is 3. The molecule has 26 heavy (non-hydrogen) atoms. The Bertz CT molecular complexity index is 921. The standard InChI is InChI=1S/C20H17F3N2O/c21-13-5-14(22)7-16(6-13)26-17-8-15(9-17)25-11-19-18-3-4-24-10-12(18)1-2-20(19)23/h1-7,10,15,17,25H,8-9,11H2. The number of aromatic nitrogens is 1. The van der Waals surface area contributed by atoms with Crippen LogP contribution in [0.25, 0.3) is 10.8 Å². The number of pyridine rings is 1. The van der Waals surface area contributed by atoms with Gasteiger partial charge in [-0.3, -0.25) is 4.98 Å². The minimum absolute atomic E-state index is 0.102. The molecule has 3 nitrogen and oxygen atoms in total. The molecule has 0 unspecified atom stereocenters. The fraction of sp³-hybridized carbons (Fsp3) is 0.250. The second-order valence-corrected chi connectivity index (χ2v) is 6.52. The first kappa shape index (κ1) is 16.8. The molecule has 0 radical (unpaired) electrons. The number of halogens is 3. The molecule has 0 saturated heterocycles. The zero-order valence-electron chi connectivity index (χ0n) is 13.9. The molecule has 1 aliphatic rings. The van der Waals surface area contributed by atoms with Crippen molar-refractivity contribution in [2.24, 2.45) is 0 Å². The lowest BCUT2D eigenvalue weighted by molar-refractivity contribution is 0.0836. The topological polar surface area (TPSA) is 34.1 Å². The molecule has 0 spiro atoms. The highest BCUT2D eigenvalue weighted by Gasteiger charge is 2.31. The summed E-state index contributed by atoms with van der Waals surface area (Å²) >= 11 is 0. The second-order valence-electron chi connectivity index (χ2n) is 6.52. The molecule has 1 heterocycles. The van der Waals surface area contributed by atoms with Crippen LogP contribution in [0.2, 0.25) is 0 Å². The van der Waals surface area contributed by atoms with Gasteiger partial charge in [-0.15, -0.1) is 0 Å². The number of nitrogens with zero attached hydrogens (tertiary/aromatic N) is 1. The van der Waals surface area contributed by atoms with Gasteiger partial charge in [0.1, 0.15) is 29.3 Å². The van der Waals surface area contributed by atoms with Crippen molar-refractivity contribution in [3.8, 4) is 5.75 Å². The Hall–Kier alpha value is -2.60. The molecule has 0 amide bonds. The van der Waals surface area contributed by atoms with E-state index in [2.05, 4.69) is 10.3 Å². The summed E-state index contributed by atoms with van der Waals surface area (Å²) in [6, 6.07) is 8.30. The monoisotopic (exact) mass is 358 g/mol. The van der Waals surface area contributed by atoms with Crippen LogP contribution in [0, 0.1) is 17.5 Å². The van der Waals surface area contributed by atoms with Crippen LogP contribution in [0.15, 0.2) is 48.8 Å². The van der Waals surface area contributed by atoms with Crippen LogP contribution >= 0.6 is 0 Å². The second kappa shape index (κ2) is 6.96. The first-order valence-corrected chi connectivity index (χ1v) is 8.46. The van der Waals surface area contributed by atoms with E-state index in [9.17, 15) is 13.2 Å². The molecule has 0 atom stereocenters. The Morgan fingerprint density at radius 2 is 1.81 bits per heavy atom. The van der Waals surface area contributed by atoms with Gasteiger partial charge in [-0.05, 0) is 36.4 Å². The summed E-state index contributed by atoms with van der Waals surface area (Å²) in [6.45, 7) is 0.402. The maximum absolute atomic E-state index is 14.2. The summed E-state index contributed by atoms with van der Waals surface area (Å²) in [5, 5.41) is 5.06. The number of benzene rings is 2. The maximum Gasteiger partial charge on any atom is 0.129 e. The smallest absolute Gasteiger partial charge is 0.129 e. The van der Waals surface area contributed by atoms with Crippen LogP contribution in [0.3, 0.4) is 0 Å². The highest BCUT2D eigenvalue weighted by molar-refractivity contribution is 5.84. The molecule has 134 valence electrons. The van der Waals surface area contributed by atoms with Gasteiger partial charge in [0.25, 0.3) is 0 Å². The van der Waals surface area contributed by atoms with E-state index in [1.54, 1.807) is 24.5 Å². The van der Waals surface area contributed by atoms with E-state index < -0.39 is 11.6 Å². The summed E-state index contributed by atoms with van der Waals surface area (Å²) in [5.41, 5.74) is 0.612. The molecule has 0 bridgehead atoms. The number of nitrogens with one attached hydrogen (secondary N) is 1.